The summed E-state index contributed by atoms with van der Waals surface area (Å²) in [6, 6.07) is 0. The average molecular weight is 96.1 g/mol. The number of aliphatic hydroxyl groups is 1. The van der Waals surface area contributed by atoms with Gasteiger partial charge in [-0.1, -0.05) is 12.2 Å². The maximum absolute atomic E-state index is 8.60. The van der Waals surface area contributed by atoms with Gasteiger partial charge in [0.1, 0.15) is 5.76 Å². The topological polar surface area (TPSA) is 20.2 Å². The average Bonchev–Trinajstić information content (AvgIpc) is 2.17. The summed E-state index contributed by atoms with van der Waals surface area (Å²) in [5.41, 5.74) is 1.03. The molecule has 0 heterocycles. The second kappa shape index (κ2) is 1.12. The first-order valence-electron chi connectivity index (χ1n) is 2.28. The molecular formula is C6H8O. The first-order chi connectivity index (χ1) is 3.22. The molecule has 0 bridgehead atoms. The van der Waals surface area contributed by atoms with E-state index in [0.717, 1.165) is 5.57 Å². The highest BCUT2D eigenvalue weighted by Crippen LogP contribution is 2.31. The second-order valence-corrected chi connectivity index (χ2v) is 1.92. The van der Waals surface area contributed by atoms with E-state index in [1.54, 1.807) is 6.08 Å². The lowest BCUT2D eigenvalue weighted by Crippen LogP contribution is -1.78. The normalized spacial score (nSPS) is 26.4. The quantitative estimate of drug-likeness (QED) is 0.492. The largest absolute Gasteiger partial charge is 0.512 e. The minimum atomic E-state index is 0.222. The minimum Gasteiger partial charge on any atom is -0.512 e. The van der Waals surface area contributed by atoms with Gasteiger partial charge in [-0.3, -0.25) is 0 Å². The van der Waals surface area contributed by atoms with Crippen molar-refractivity contribution in [1.82, 2.24) is 0 Å². The van der Waals surface area contributed by atoms with Crippen molar-refractivity contribution in [3.8, 4) is 0 Å². The predicted octanol–water partition coefficient (Wildman–Crippen LogP) is 1.63. The van der Waals surface area contributed by atoms with Crippen LogP contribution in [0.25, 0.3) is 0 Å². The highest BCUT2D eigenvalue weighted by Gasteiger charge is 2.23. The van der Waals surface area contributed by atoms with Crippen LogP contribution >= 0.6 is 0 Å². The summed E-state index contributed by atoms with van der Waals surface area (Å²) in [6.45, 7) is 5.56. The molecule has 1 rings (SSSR count). The van der Waals surface area contributed by atoms with Crippen LogP contribution in [-0.2, 0) is 0 Å². The second-order valence-electron chi connectivity index (χ2n) is 1.92. The third-order valence-corrected chi connectivity index (χ3v) is 1.08. The number of hydrogen-bond donors (Lipinski definition) is 1. The van der Waals surface area contributed by atoms with E-state index in [9.17, 15) is 0 Å². The zero-order valence-electron chi connectivity index (χ0n) is 4.31. The Kier molecular flexibility index (Phi) is 0.712. The maximum atomic E-state index is 8.60. The van der Waals surface area contributed by atoms with Crippen LogP contribution < -0.4 is 0 Å². The molecule has 0 spiro atoms. The van der Waals surface area contributed by atoms with Crippen molar-refractivity contribution in [3.63, 3.8) is 0 Å². The molecule has 0 aromatic heterocycles. The maximum Gasteiger partial charge on any atom is 0.100 e. The molecule has 0 radical (unpaired) electrons. The predicted molar refractivity (Wildman–Crippen MR) is 29.0 cm³/mol. The molecule has 0 aliphatic heterocycles. The standard InChI is InChI=1S/C6H8O/c1-4(2)5-3-6(5)7/h3,5,7H,1H2,2H3. The van der Waals surface area contributed by atoms with Crippen LogP contribution in [0.4, 0.5) is 0 Å². The number of allylic oxidation sites excluding steroid dienone is 2. The number of hydrogen-bond acceptors (Lipinski definition) is 1. The number of rotatable bonds is 1. The van der Waals surface area contributed by atoms with Gasteiger partial charge >= 0.3 is 0 Å². The molecule has 0 saturated heterocycles. The van der Waals surface area contributed by atoms with E-state index in [2.05, 4.69) is 6.58 Å². The first-order valence-corrected chi connectivity index (χ1v) is 2.28. The first kappa shape index (κ1) is 4.44. The van der Waals surface area contributed by atoms with E-state index < -0.39 is 0 Å². The molecule has 0 fully saturated rings. The van der Waals surface area contributed by atoms with Gasteiger partial charge in [-0.2, -0.15) is 0 Å². The van der Waals surface area contributed by atoms with Crippen molar-refractivity contribution in [2.24, 2.45) is 5.92 Å². The van der Waals surface area contributed by atoms with Gasteiger partial charge < -0.3 is 5.11 Å². The highest BCUT2D eigenvalue weighted by molar-refractivity contribution is 5.32. The molecule has 7 heavy (non-hydrogen) atoms. The summed E-state index contributed by atoms with van der Waals surface area (Å²) in [4.78, 5) is 0. The van der Waals surface area contributed by atoms with Crippen LogP contribution in [0, 0.1) is 5.92 Å². The zero-order chi connectivity index (χ0) is 5.44. The fraction of sp³-hybridized carbons (Fsp3) is 0.333. The van der Waals surface area contributed by atoms with E-state index >= 15 is 0 Å². The van der Waals surface area contributed by atoms with Gasteiger partial charge in [0.25, 0.3) is 0 Å². The van der Waals surface area contributed by atoms with Crippen molar-refractivity contribution in [1.29, 1.82) is 0 Å². The Bertz CT molecular complexity index is 133. The molecule has 0 saturated carbocycles. The molecule has 1 atom stereocenters. The minimum absolute atomic E-state index is 0.222. The van der Waals surface area contributed by atoms with Crippen LogP contribution in [-0.4, -0.2) is 5.11 Å². The Balaban J connectivity index is 2.39. The molecule has 1 heteroatoms. The van der Waals surface area contributed by atoms with Gasteiger partial charge in [-0.25, -0.2) is 0 Å². The summed E-state index contributed by atoms with van der Waals surface area (Å²) in [5.74, 6) is 0.701. The van der Waals surface area contributed by atoms with Gasteiger partial charge in [0, 0.05) is 0 Å². The van der Waals surface area contributed by atoms with Gasteiger partial charge in [-0.05, 0) is 13.0 Å². The lowest BCUT2D eigenvalue weighted by molar-refractivity contribution is 0.419. The Morgan fingerprint density at radius 1 is 2.00 bits per heavy atom. The van der Waals surface area contributed by atoms with Crippen LogP contribution in [0.5, 0.6) is 0 Å². The summed E-state index contributed by atoms with van der Waals surface area (Å²) in [5, 5.41) is 8.60. The summed E-state index contributed by atoms with van der Waals surface area (Å²) >= 11 is 0. The molecule has 0 aromatic carbocycles. The van der Waals surface area contributed by atoms with Crippen LogP contribution in [0.2, 0.25) is 0 Å². The van der Waals surface area contributed by atoms with E-state index in [4.69, 9.17) is 5.11 Å². The van der Waals surface area contributed by atoms with E-state index in [0.29, 0.717) is 5.76 Å². The molecule has 1 nitrogen and oxygen atoms in total. The van der Waals surface area contributed by atoms with Crippen molar-refractivity contribution in [2.45, 2.75) is 6.92 Å². The molecular weight excluding hydrogens is 88.1 g/mol. The van der Waals surface area contributed by atoms with Gasteiger partial charge in [0.15, 0.2) is 0 Å². The smallest absolute Gasteiger partial charge is 0.100 e. The molecule has 38 valence electrons. The summed E-state index contributed by atoms with van der Waals surface area (Å²) in [6.07, 6.45) is 1.78. The third kappa shape index (κ3) is 0.660. The van der Waals surface area contributed by atoms with Crippen molar-refractivity contribution in [3.05, 3.63) is 24.0 Å². The lowest BCUT2D eigenvalue weighted by Gasteiger charge is -1.88. The van der Waals surface area contributed by atoms with Crippen molar-refractivity contribution < 1.29 is 5.11 Å². The third-order valence-electron chi connectivity index (χ3n) is 1.08. The van der Waals surface area contributed by atoms with Gasteiger partial charge in [0.05, 0.1) is 5.92 Å². The Morgan fingerprint density at radius 3 is 2.43 bits per heavy atom. The van der Waals surface area contributed by atoms with Crippen molar-refractivity contribution in [2.75, 3.05) is 0 Å². The molecule has 1 aliphatic rings. The lowest BCUT2D eigenvalue weighted by atomic mass is 10.2. The molecule has 1 unspecified atom stereocenters. The van der Waals surface area contributed by atoms with E-state index in [1.807, 2.05) is 6.92 Å². The molecule has 0 amide bonds. The van der Waals surface area contributed by atoms with Gasteiger partial charge in [0.2, 0.25) is 0 Å². The Morgan fingerprint density at radius 2 is 2.43 bits per heavy atom. The summed E-state index contributed by atoms with van der Waals surface area (Å²) < 4.78 is 0. The van der Waals surface area contributed by atoms with Gasteiger partial charge in [-0.15, -0.1) is 0 Å². The van der Waals surface area contributed by atoms with E-state index in [-0.39, 0.29) is 5.92 Å². The molecule has 1 N–H and O–H groups in total. The fourth-order valence-corrected chi connectivity index (χ4v) is 0.517. The Hall–Kier alpha value is -0.720. The van der Waals surface area contributed by atoms with Crippen molar-refractivity contribution >= 4 is 0 Å². The highest BCUT2D eigenvalue weighted by atomic mass is 16.3. The van der Waals surface area contributed by atoms with Crippen LogP contribution in [0.15, 0.2) is 24.0 Å². The van der Waals surface area contributed by atoms with Crippen LogP contribution in [0.1, 0.15) is 6.92 Å². The van der Waals surface area contributed by atoms with Crippen LogP contribution in [0.3, 0.4) is 0 Å². The molecule has 0 aromatic rings. The SMILES string of the molecule is C=C(C)C1C=C1O. The zero-order valence-corrected chi connectivity index (χ0v) is 4.31. The Labute approximate surface area is 43.0 Å². The number of aliphatic hydroxyl groups excluding tert-OH is 1. The fourth-order valence-electron chi connectivity index (χ4n) is 0.517. The monoisotopic (exact) mass is 96.1 g/mol. The molecule has 1 aliphatic carbocycles. The van der Waals surface area contributed by atoms with E-state index in [1.165, 1.54) is 0 Å². The summed E-state index contributed by atoms with van der Waals surface area (Å²) in [7, 11) is 0.